The SMILES string of the molecule is COc1ccc(CCNC(=O)Cn2cnc3ccccc32)cc1OC. The molecule has 0 saturated carbocycles. The van der Waals surface area contributed by atoms with E-state index in [2.05, 4.69) is 10.3 Å². The molecule has 0 spiro atoms. The molecular formula is C19H21N3O3. The summed E-state index contributed by atoms with van der Waals surface area (Å²) in [4.78, 5) is 16.5. The van der Waals surface area contributed by atoms with Gasteiger partial charge in [-0.2, -0.15) is 0 Å². The largest absolute Gasteiger partial charge is 0.493 e. The van der Waals surface area contributed by atoms with E-state index in [9.17, 15) is 4.79 Å². The number of benzene rings is 2. The van der Waals surface area contributed by atoms with Crippen molar-refractivity contribution in [3.8, 4) is 11.5 Å². The Morgan fingerprint density at radius 3 is 2.72 bits per heavy atom. The highest BCUT2D eigenvalue weighted by Crippen LogP contribution is 2.27. The van der Waals surface area contributed by atoms with Gasteiger partial charge in [-0.3, -0.25) is 4.79 Å². The average molecular weight is 339 g/mol. The third kappa shape index (κ3) is 3.91. The van der Waals surface area contributed by atoms with Gasteiger partial charge in [-0.1, -0.05) is 18.2 Å². The molecule has 0 aliphatic heterocycles. The highest BCUT2D eigenvalue weighted by molar-refractivity contribution is 5.80. The molecule has 6 heteroatoms. The maximum Gasteiger partial charge on any atom is 0.240 e. The number of nitrogens with zero attached hydrogens (tertiary/aromatic N) is 2. The van der Waals surface area contributed by atoms with Gasteiger partial charge in [-0.05, 0) is 36.2 Å². The third-order valence-electron chi connectivity index (χ3n) is 4.03. The van der Waals surface area contributed by atoms with Crippen LogP contribution in [-0.2, 0) is 17.8 Å². The number of hydrogen-bond donors (Lipinski definition) is 1. The molecule has 0 atom stereocenters. The van der Waals surface area contributed by atoms with Crippen molar-refractivity contribution in [1.29, 1.82) is 0 Å². The fraction of sp³-hybridized carbons (Fsp3) is 0.263. The summed E-state index contributed by atoms with van der Waals surface area (Å²) in [6.45, 7) is 0.813. The Balaban J connectivity index is 1.54. The summed E-state index contributed by atoms with van der Waals surface area (Å²) in [5.41, 5.74) is 2.92. The van der Waals surface area contributed by atoms with Crippen molar-refractivity contribution in [2.24, 2.45) is 0 Å². The van der Waals surface area contributed by atoms with Gasteiger partial charge in [-0.25, -0.2) is 4.98 Å². The van der Waals surface area contributed by atoms with E-state index in [0.717, 1.165) is 23.0 Å². The maximum atomic E-state index is 12.2. The first-order chi connectivity index (χ1) is 12.2. The van der Waals surface area contributed by atoms with Crippen LogP contribution in [0.2, 0.25) is 0 Å². The molecule has 3 rings (SSSR count). The maximum absolute atomic E-state index is 12.2. The third-order valence-corrected chi connectivity index (χ3v) is 4.03. The predicted octanol–water partition coefficient (Wildman–Crippen LogP) is 2.41. The van der Waals surface area contributed by atoms with E-state index >= 15 is 0 Å². The Kier molecular flexibility index (Phi) is 5.18. The quantitative estimate of drug-likeness (QED) is 0.718. The number of nitrogens with one attached hydrogen (secondary N) is 1. The van der Waals surface area contributed by atoms with Crippen molar-refractivity contribution in [3.05, 3.63) is 54.4 Å². The minimum atomic E-state index is -0.0383. The van der Waals surface area contributed by atoms with Gasteiger partial charge >= 0.3 is 0 Å². The minimum Gasteiger partial charge on any atom is -0.493 e. The fourth-order valence-corrected chi connectivity index (χ4v) is 2.73. The molecule has 1 heterocycles. The molecule has 2 aromatic carbocycles. The summed E-state index contributed by atoms with van der Waals surface area (Å²) in [6.07, 6.45) is 2.41. The molecule has 0 saturated heterocycles. The van der Waals surface area contributed by atoms with E-state index < -0.39 is 0 Å². The van der Waals surface area contributed by atoms with Crippen LogP contribution in [0.3, 0.4) is 0 Å². The van der Waals surface area contributed by atoms with Crippen LogP contribution >= 0.6 is 0 Å². The first-order valence-electron chi connectivity index (χ1n) is 8.08. The molecule has 6 nitrogen and oxygen atoms in total. The molecule has 0 unspecified atom stereocenters. The van der Waals surface area contributed by atoms with Gasteiger partial charge < -0.3 is 19.4 Å². The van der Waals surface area contributed by atoms with Crippen molar-refractivity contribution in [2.45, 2.75) is 13.0 Å². The van der Waals surface area contributed by atoms with Crippen LogP contribution in [0, 0.1) is 0 Å². The van der Waals surface area contributed by atoms with Gasteiger partial charge in [0.15, 0.2) is 11.5 Å². The summed E-state index contributed by atoms with van der Waals surface area (Å²) in [5.74, 6) is 1.35. The number of imidazole rings is 1. The van der Waals surface area contributed by atoms with Crippen LogP contribution in [0.1, 0.15) is 5.56 Å². The standard InChI is InChI=1S/C19H21N3O3/c1-24-17-8-7-14(11-18(17)25-2)9-10-20-19(23)12-22-13-21-15-5-3-4-6-16(15)22/h3-8,11,13H,9-10,12H2,1-2H3,(H,20,23). The molecule has 0 radical (unpaired) electrons. The zero-order valence-electron chi connectivity index (χ0n) is 14.4. The second-order valence-electron chi connectivity index (χ2n) is 5.65. The Bertz CT molecular complexity index is 873. The number of fused-ring (bicyclic) bond motifs is 1. The first-order valence-corrected chi connectivity index (χ1v) is 8.08. The number of aromatic nitrogens is 2. The zero-order chi connectivity index (χ0) is 17.6. The van der Waals surface area contributed by atoms with Crippen molar-refractivity contribution in [1.82, 2.24) is 14.9 Å². The van der Waals surface area contributed by atoms with Gasteiger partial charge in [0, 0.05) is 6.54 Å². The van der Waals surface area contributed by atoms with E-state index in [-0.39, 0.29) is 12.5 Å². The van der Waals surface area contributed by atoms with Crippen LogP contribution in [0.25, 0.3) is 11.0 Å². The smallest absolute Gasteiger partial charge is 0.240 e. The van der Waals surface area contributed by atoms with Gasteiger partial charge in [0.2, 0.25) is 5.91 Å². The number of amides is 1. The Labute approximate surface area is 146 Å². The Morgan fingerprint density at radius 2 is 1.92 bits per heavy atom. The summed E-state index contributed by atoms with van der Waals surface area (Å²) < 4.78 is 12.4. The number of carbonyl (C=O) groups excluding carboxylic acids is 1. The second kappa shape index (κ2) is 7.70. The molecule has 25 heavy (non-hydrogen) atoms. The van der Waals surface area contributed by atoms with Gasteiger partial charge in [-0.15, -0.1) is 0 Å². The van der Waals surface area contributed by atoms with Crippen molar-refractivity contribution >= 4 is 16.9 Å². The number of methoxy groups -OCH3 is 2. The summed E-state index contributed by atoms with van der Waals surface area (Å²) in [6, 6.07) is 13.5. The topological polar surface area (TPSA) is 65.4 Å². The molecule has 1 N–H and O–H groups in total. The molecule has 1 amide bonds. The number of hydrogen-bond acceptors (Lipinski definition) is 4. The monoisotopic (exact) mass is 339 g/mol. The second-order valence-corrected chi connectivity index (χ2v) is 5.65. The highest BCUT2D eigenvalue weighted by Gasteiger charge is 2.08. The highest BCUT2D eigenvalue weighted by atomic mass is 16.5. The van der Waals surface area contributed by atoms with E-state index in [0.29, 0.717) is 18.0 Å². The van der Waals surface area contributed by atoms with E-state index in [1.165, 1.54) is 0 Å². The van der Waals surface area contributed by atoms with Crippen molar-refractivity contribution in [2.75, 3.05) is 20.8 Å². The molecule has 130 valence electrons. The number of para-hydroxylation sites is 2. The molecule has 0 fully saturated rings. The van der Waals surface area contributed by atoms with E-state index in [1.54, 1.807) is 20.5 Å². The number of rotatable bonds is 7. The van der Waals surface area contributed by atoms with E-state index in [1.807, 2.05) is 47.0 Å². The van der Waals surface area contributed by atoms with Crippen molar-refractivity contribution in [3.63, 3.8) is 0 Å². The Morgan fingerprint density at radius 1 is 1.12 bits per heavy atom. The lowest BCUT2D eigenvalue weighted by Crippen LogP contribution is -2.29. The van der Waals surface area contributed by atoms with Crippen molar-refractivity contribution < 1.29 is 14.3 Å². The number of carbonyl (C=O) groups is 1. The summed E-state index contributed by atoms with van der Waals surface area (Å²) >= 11 is 0. The van der Waals surface area contributed by atoms with Crippen LogP contribution in [0.4, 0.5) is 0 Å². The van der Waals surface area contributed by atoms with Crippen LogP contribution < -0.4 is 14.8 Å². The van der Waals surface area contributed by atoms with Gasteiger partial charge in [0.05, 0.1) is 31.6 Å². The van der Waals surface area contributed by atoms with Crippen LogP contribution in [0.5, 0.6) is 11.5 Å². The van der Waals surface area contributed by atoms with Crippen LogP contribution in [0.15, 0.2) is 48.8 Å². The average Bonchev–Trinajstić information content (AvgIpc) is 3.04. The molecule has 1 aromatic heterocycles. The minimum absolute atomic E-state index is 0.0383. The van der Waals surface area contributed by atoms with Gasteiger partial charge in [0.1, 0.15) is 6.54 Å². The molecular weight excluding hydrogens is 318 g/mol. The zero-order valence-corrected chi connectivity index (χ0v) is 14.4. The lowest BCUT2D eigenvalue weighted by Gasteiger charge is -2.10. The molecule has 3 aromatic rings. The number of ether oxygens (including phenoxy) is 2. The van der Waals surface area contributed by atoms with Crippen LogP contribution in [-0.4, -0.2) is 36.2 Å². The summed E-state index contributed by atoms with van der Waals surface area (Å²) in [7, 11) is 3.22. The van der Waals surface area contributed by atoms with E-state index in [4.69, 9.17) is 9.47 Å². The lowest BCUT2D eigenvalue weighted by atomic mass is 10.1. The molecule has 0 aliphatic rings. The normalized spacial score (nSPS) is 10.6. The predicted molar refractivity (Wildman–Crippen MR) is 96.0 cm³/mol. The summed E-state index contributed by atoms with van der Waals surface area (Å²) in [5, 5.41) is 2.94. The first kappa shape index (κ1) is 16.8. The molecule has 0 aliphatic carbocycles. The van der Waals surface area contributed by atoms with Gasteiger partial charge in [0.25, 0.3) is 0 Å². The fourth-order valence-electron chi connectivity index (χ4n) is 2.73. The Hall–Kier alpha value is -3.02. The molecule has 0 bridgehead atoms. The lowest BCUT2D eigenvalue weighted by molar-refractivity contribution is -0.121.